The van der Waals surface area contributed by atoms with Gasteiger partial charge in [0, 0.05) is 45.3 Å². The minimum Gasteiger partial charge on any atom is -0.353 e. The second-order valence-electron chi connectivity index (χ2n) is 7.80. The van der Waals surface area contributed by atoms with Gasteiger partial charge in [-0.3, -0.25) is 14.6 Å². The van der Waals surface area contributed by atoms with E-state index in [4.69, 9.17) is 0 Å². The summed E-state index contributed by atoms with van der Waals surface area (Å²) >= 11 is 0. The van der Waals surface area contributed by atoms with E-state index in [-0.39, 0.29) is 11.9 Å². The van der Waals surface area contributed by atoms with Crippen molar-refractivity contribution in [2.24, 2.45) is 0 Å². The van der Waals surface area contributed by atoms with Crippen molar-refractivity contribution in [2.75, 3.05) is 45.8 Å². The van der Waals surface area contributed by atoms with Gasteiger partial charge in [0.1, 0.15) is 0 Å². The van der Waals surface area contributed by atoms with Crippen LogP contribution in [0.1, 0.15) is 22.7 Å². The molecule has 0 bridgehead atoms. The fourth-order valence-corrected chi connectivity index (χ4v) is 4.20. The summed E-state index contributed by atoms with van der Waals surface area (Å²) in [6.07, 6.45) is 1.06. The second kappa shape index (κ2) is 9.32. The molecule has 1 fully saturated rings. The summed E-state index contributed by atoms with van der Waals surface area (Å²) in [5, 5.41) is 6.66. The molecule has 0 aliphatic carbocycles. The van der Waals surface area contributed by atoms with E-state index >= 15 is 0 Å². The Hall–Kier alpha value is -2.21. The van der Waals surface area contributed by atoms with Crippen LogP contribution in [0.15, 0.2) is 54.6 Å². The number of carbonyl (C=O) groups excluding carboxylic acids is 1. The van der Waals surface area contributed by atoms with Gasteiger partial charge in [-0.25, -0.2) is 0 Å². The largest absolute Gasteiger partial charge is 0.353 e. The lowest BCUT2D eigenvalue weighted by molar-refractivity contribution is -0.122. The number of rotatable bonds is 6. The van der Waals surface area contributed by atoms with Gasteiger partial charge in [-0.05, 0) is 29.7 Å². The average Bonchev–Trinajstić information content (AvgIpc) is 2.74. The molecule has 28 heavy (non-hydrogen) atoms. The van der Waals surface area contributed by atoms with Crippen LogP contribution in [0.5, 0.6) is 0 Å². The van der Waals surface area contributed by atoms with Crippen molar-refractivity contribution in [2.45, 2.75) is 19.0 Å². The monoisotopic (exact) mass is 378 g/mol. The van der Waals surface area contributed by atoms with Crippen LogP contribution in [0.2, 0.25) is 0 Å². The van der Waals surface area contributed by atoms with Crippen LogP contribution in [-0.2, 0) is 17.8 Å². The molecule has 5 heteroatoms. The minimum absolute atomic E-state index is 0.126. The van der Waals surface area contributed by atoms with E-state index in [1.807, 2.05) is 0 Å². The van der Waals surface area contributed by atoms with E-state index in [1.165, 1.54) is 16.7 Å². The molecule has 0 spiro atoms. The van der Waals surface area contributed by atoms with Crippen LogP contribution in [0.3, 0.4) is 0 Å². The third-order valence-electron chi connectivity index (χ3n) is 5.80. The second-order valence-corrected chi connectivity index (χ2v) is 7.80. The van der Waals surface area contributed by atoms with Gasteiger partial charge in [0.2, 0.25) is 5.91 Å². The summed E-state index contributed by atoms with van der Waals surface area (Å²) in [7, 11) is 0. The van der Waals surface area contributed by atoms with Gasteiger partial charge < -0.3 is 10.6 Å². The highest BCUT2D eigenvalue weighted by molar-refractivity contribution is 5.78. The number of fused-ring (bicyclic) bond motifs is 1. The van der Waals surface area contributed by atoms with Crippen molar-refractivity contribution in [3.8, 4) is 0 Å². The molecular weight excluding hydrogens is 348 g/mol. The Morgan fingerprint density at radius 1 is 0.964 bits per heavy atom. The van der Waals surface area contributed by atoms with Crippen molar-refractivity contribution in [3.63, 3.8) is 0 Å². The number of amides is 1. The van der Waals surface area contributed by atoms with Crippen LogP contribution in [0.25, 0.3) is 0 Å². The summed E-state index contributed by atoms with van der Waals surface area (Å²) < 4.78 is 0. The predicted octanol–water partition coefficient (Wildman–Crippen LogP) is 1.81. The van der Waals surface area contributed by atoms with Crippen LogP contribution >= 0.6 is 0 Å². The Morgan fingerprint density at radius 2 is 1.68 bits per heavy atom. The quantitative estimate of drug-likeness (QED) is 0.805. The first-order valence-electron chi connectivity index (χ1n) is 10.3. The number of carbonyl (C=O) groups is 1. The van der Waals surface area contributed by atoms with Crippen molar-refractivity contribution in [1.82, 2.24) is 20.4 Å². The van der Waals surface area contributed by atoms with Crippen molar-refractivity contribution >= 4 is 5.91 Å². The molecule has 1 amide bonds. The lowest BCUT2D eigenvalue weighted by atomic mass is 9.94. The standard InChI is InChI=1S/C23H30N4O/c28-23(25-16-22-21-9-5-4-8-20(21)10-11-24-22)18-27-14-12-26(13-15-27)17-19-6-2-1-3-7-19/h1-9,22,24H,10-18H2,(H,25,28). The molecule has 2 N–H and O–H groups in total. The number of hydrogen-bond donors (Lipinski definition) is 2. The van der Waals surface area contributed by atoms with Gasteiger partial charge in [-0.15, -0.1) is 0 Å². The summed E-state index contributed by atoms with van der Waals surface area (Å²) in [5.41, 5.74) is 4.08. The van der Waals surface area contributed by atoms with E-state index in [9.17, 15) is 4.79 Å². The zero-order chi connectivity index (χ0) is 19.2. The zero-order valence-corrected chi connectivity index (χ0v) is 16.4. The third kappa shape index (κ3) is 4.98. The molecule has 2 aromatic carbocycles. The van der Waals surface area contributed by atoms with Gasteiger partial charge in [0.15, 0.2) is 0 Å². The summed E-state index contributed by atoms with van der Waals surface area (Å²) in [4.78, 5) is 17.2. The third-order valence-corrected chi connectivity index (χ3v) is 5.80. The highest BCUT2D eigenvalue weighted by Crippen LogP contribution is 2.21. The number of nitrogens with zero attached hydrogens (tertiary/aromatic N) is 2. The van der Waals surface area contributed by atoms with Crippen LogP contribution < -0.4 is 10.6 Å². The molecule has 5 nitrogen and oxygen atoms in total. The van der Waals surface area contributed by atoms with Crippen LogP contribution in [0.4, 0.5) is 0 Å². The lowest BCUT2D eigenvalue weighted by Gasteiger charge is -2.34. The van der Waals surface area contributed by atoms with E-state index in [0.29, 0.717) is 13.1 Å². The van der Waals surface area contributed by atoms with Crippen molar-refractivity contribution in [3.05, 3.63) is 71.3 Å². The predicted molar refractivity (Wildman–Crippen MR) is 112 cm³/mol. The van der Waals surface area contributed by atoms with Gasteiger partial charge in [0.25, 0.3) is 0 Å². The zero-order valence-electron chi connectivity index (χ0n) is 16.4. The molecule has 148 valence electrons. The number of hydrogen-bond acceptors (Lipinski definition) is 4. The Labute approximate surface area is 167 Å². The Bertz CT molecular complexity index is 771. The highest BCUT2D eigenvalue weighted by atomic mass is 16.2. The van der Waals surface area contributed by atoms with Gasteiger partial charge in [0.05, 0.1) is 6.54 Å². The normalized spacial score (nSPS) is 20.5. The maximum absolute atomic E-state index is 12.4. The molecule has 2 aromatic rings. The fraction of sp³-hybridized carbons (Fsp3) is 0.435. The van der Waals surface area contributed by atoms with Gasteiger partial charge in [-0.1, -0.05) is 54.6 Å². The molecule has 2 aliphatic rings. The molecular formula is C23H30N4O. The molecule has 2 heterocycles. The summed E-state index contributed by atoms with van der Waals surface area (Å²) in [6.45, 7) is 7.04. The Kier molecular flexibility index (Phi) is 6.37. The molecule has 4 rings (SSSR count). The van der Waals surface area contributed by atoms with Gasteiger partial charge in [-0.2, -0.15) is 0 Å². The number of nitrogens with one attached hydrogen (secondary N) is 2. The minimum atomic E-state index is 0.126. The topological polar surface area (TPSA) is 47.6 Å². The number of benzene rings is 2. The maximum Gasteiger partial charge on any atom is 0.234 e. The molecule has 0 radical (unpaired) electrons. The average molecular weight is 379 g/mol. The first kappa shape index (κ1) is 19.1. The number of piperazine rings is 1. The first-order chi connectivity index (χ1) is 13.8. The molecule has 0 saturated carbocycles. The molecule has 1 saturated heterocycles. The Morgan fingerprint density at radius 3 is 2.50 bits per heavy atom. The summed E-state index contributed by atoms with van der Waals surface area (Å²) in [6, 6.07) is 19.4. The van der Waals surface area contributed by atoms with Crippen molar-refractivity contribution < 1.29 is 4.79 Å². The molecule has 2 aliphatic heterocycles. The maximum atomic E-state index is 12.4. The fourth-order valence-electron chi connectivity index (χ4n) is 4.20. The van der Waals surface area contributed by atoms with Crippen LogP contribution in [-0.4, -0.2) is 61.5 Å². The van der Waals surface area contributed by atoms with Gasteiger partial charge >= 0.3 is 0 Å². The lowest BCUT2D eigenvalue weighted by Crippen LogP contribution is -2.49. The molecule has 1 atom stereocenters. The molecule has 1 unspecified atom stereocenters. The van der Waals surface area contributed by atoms with E-state index in [0.717, 1.165) is 45.7 Å². The van der Waals surface area contributed by atoms with Crippen molar-refractivity contribution in [1.29, 1.82) is 0 Å². The van der Waals surface area contributed by atoms with E-state index in [1.54, 1.807) is 0 Å². The van der Waals surface area contributed by atoms with Crippen LogP contribution in [0, 0.1) is 0 Å². The van der Waals surface area contributed by atoms with E-state index in [2.05, 4.69) is 75.0 Å². The Balaban J connectivity index is 1.19. The van der Waals surface area contributed by atoms with E-state index < -0.39 is 0 Å². The smallest absolute Gasteiger partial charge is 0.234 e. The summed E-state index contributed by atoms with van der Waals surface area (Å²) in [5.74, 6) is 0.126. The SMILES string of the molecule is O=C(CN1CCN(Cc2ccccc2)CC1)NCC1NCCc2ccccc21. The first-order valence-corrected chi connectivity index (χ1v) is 10.3. The molecule has 0 aromatic heterocycles. The highest BCUT2D eigenvalue weighted by Gasteiger charge is 2.22.